The fourth-order valence-electron chi connectivity index (χ4n) is 6.78. The molecule has 36 heavy (non-hydrogen) atoms. The minimum Gasteiger partial charge on any atom is -0.469 e. The molecule has 3 aliphatic carbocycles. The number of carbonyl (C=O) groups is 4. The maximum absolute atomic E-state index is 13.9. The second kappa shape index (κ2) is 10.5. The quantitative estimate of drug-likeness (QED) is 0.331. The number of Topliss-reactive ketones (excluding diaryl/α,β-unsaturated/α-hetero) is 2. The Labute approximate surface area is 214 Å². The first-order chi connectivity index (χ1) is 17.2. The molecule has 7 unspecified atom stereocenters. The molecule has 8 nitrogen and oxygen atoms in total. The van der Waals surface area contributed by atoms with E-state index in [1.165, 1.54) is 7.11 Å². The summed E-state index contributed by atoms with van der Waals surface area (Å²) in [5.74, 6) is 2.76. The smallest absolute Gasteiger partial charge is 0.317 e. The monoisotopic (exact) mass is 511 g/mol. The lowest BCUT2D eigenvalue weighted by Crippen LogP contribution is -2.60. The molecule has 7 atom stereocenters. The van der Waals surface area contributed by atoms with Crippen molar-refractivity contribution >= 4 is 35.3 Å². The van der Waals surface area contributed by atoms with Crippen LogP contribution in [0.1, 0.15) is 63.2 Å². The zero-order valence-electron chi connectivity index (χ0n) is 20.6. The van der Waals surface area contributed by atoms with Gasteiger partial charge in [-0.3, -0.25) is 19.2 Å². The van der Waals surface area contributed by atoms with Gasteiger partial charge in [0, 0.05) is 30.2 Å². The van der Waals surface area contributed by atoms with Gasteiger partial charge in [0.05, 0.1) is 19.3 Å². The fraction of sp³-hybridized carbons (Fsp3) is 0.593. The number of nitrogens with zero attached hydrogens (tertiary/aromatic N) is 1. The molecule has 0 spiro atoms. The number of ketones is 2. The van der Waals surface area contributed by atoms with Gasteiger partial charge in [-0.25, -0.2) is 0 Å². The van der Waals surface area contributed by atoms with E-state index in [-0.39, 0.29) is 41.5 Å². The highest BCUT2D eigenvalue weighted by Gasteiger charge is 2.62. The van der Waals surface area contributed by atoms with Gasteiger partial charge < -0.3 is 13.9 Å². The molecule has 190 valence electrons. The number of methoxy groups -OCH3 is 1. The molecule has 1 aromatic rings. The predicted octanol–water partition coefficient (Wildman–Crippen LogP) is 3.63. The number of hydrogen-bond donors (Lipinski definition) is 0. The lowest BCUT2D eigenvalue weighted by molar-refractivity contribution is -0.183. The number of rotatable bonds is 5. The van der Waals surface area contributed by atoms with Crippen LogP contribution in [0.4, 0.5) is 0 Å². The van der Waals surface area contributed by atoms with Gasteiger partial charge in [-0.15, -0.1) is 0 Å². The molecule has 0 saturated heterocycles. The Morgan fingerprint density at radius 2 is 2.08 bits per heavy atom. The van der Waals surface area contributed by atoms with E-state index in [1.807, 2.05) is 18.4 Å². The Balaban J connectivity index is 1.70. The van der Waals surface area contributed by atoms with Crippen LogP contribution in [0.25, 0.3) is 0 Å². The Kier molecular flexibility index (Phi) is 7.61. The Morgan fingerprint density at radius 3 is 2.78 bits per heavy atom. The Hall–Kier alpha value is -3.04. The van der Waals surface area contributed by atoms with Crippen molar-refractivity contribution in [1.29, 1.82) is 5.26 Å². The normalized spacial score (nSPS) is 33.3. The molecule has 3 saturated carbocycles. The summed E-state index contributed by atoms with van der Waals surface area (Å²) < 4.78 is 16.1. The Bertz CT molecular complexity index is 1170. The predicted molar refractivity (Wildman–Crippen MR) is 129 cm³/mol. The third kappa shape index (κ3) is 4.57. The zero-order chi connectivity index (χ0) is 26.0. The minimum absolute atomic E-state index is 0.0359. The summed E-state index contributed by atoms with van der Waals surface area (Å²) in [6, 6.07) is 1.83. The number of thioether (sulfide) groups is 1. The van der Waals surface area contributed by atoms with Gasteiger partial charge in [0.1, 0.15) is 16.9 Å². The molecule has 4 rings (SSSR count). The standard InChI is InChI=1S/C27H29NO7S/c1-4-5-21-16(7-9-34-21)15-10-18-17(20(29)11-15)6-8-27(2)19(26(32)33-3)12-22(25(31)24(18)27)35-23(30)13-36-14-28/h7,9,15,17-19,22,24H,6,8,10-13H2,1-3H3. The molecule has 1 heterocycles. The number of esters is 2. The molecule has 9 heteroatoms. The summed E-state index contributed by atoms with van der Waals surface area (Å²) >= 11 is 0.726. The molecule has 0 bridgehead atoms. The molecule has 0 N–H and O–H groups in total. The largest absolute Gasteiger partial charge is 0.469 e. The van der Waals surface area contributed by atoms with E-state index >= 15 is 0 Å². The van der Waals surface area contributed by atoms with Crippen molar-refractivity contribution < 1.29 is 33.1 Å². The van der Waals surface area contributed by atoms with Crippen LogP contribution in [-0.4, -0.2) is 42.5 Å². The first-order valence-electron chi connectivity index (χ1n) is 12.1. The summed E-state index contributed by atoms with van der Waals surface area (Å²) in [6.45, 7) is 3.64. The highest BCUT2D eigenvalue weighted by Crippen LogP contribution is 2.60. The van der Waals surface area contributed by atoms with Crippen molar-refractivity contribution in [3.05, 3.63) is 23.7 Å². The number of nitriles is 1. The van der Waals surface area contributed by atoms with Crippen LogP contribution in [0, 0.1) is 51.6 Å². The average Bonchev–Trinajstić information content (AvgIpc) is 3.32. The van der Waals surface area contributed by atoms with Crippen molar-refractivity contribution in [1.82, 2.24) is 0 Å². The number of thiocyanates is 1. The highest BCUT2D eigenvalue weighted by atomic mass is 32.2. The average molecular weight is 512 g/mol. The van der Waals surface area contributed by atoms with Crippen LogP contribution in [0.5, 0.6) is 0 Å². The lowest BCUT2D eigenvalue weighted by atomic mass is 9.46. The molecule has 0 aromatic carbocycles. The van der Waals surface area contributed by atoms with Crippen molar-refractivity contribution in [3.8, 4) is 17.2 Å². The van der Waals surface area contributed by atoms with Crippen LogP contribution in [0.3, 0.4) is 0 Å². The molecule has 1 aromatic heterocycles. The van der Waals surface area contributed by atoms with E-state index in [4.69, 9.17) is 19.2 Å². The van der Waals surface area contributed by atoms with Crippen LogP contribution >= 0.6 is 11.8 Å². The summed E-state index contributed by atoms with van der Waals surface area (Å²) in [6.07, 6.45) is 2.52. The number of hydrogen-bond acceptors (Lipinski definition) is 9. The van der Waals surface area contributed by atoms with E-state index in [9.17, 15) is 19.2 Å². The molecular weight excluding hydrogens is 482 g/mol. The number of fused-ring (bicyclic) bond motifs is 3. The maximum Gasteiger partial charge on any atom is 0.317 e. The maximum atomic E-state index is 13.9. The summed E-state index contributed by atoms with van der Waals surface area (Å²) in [5, 5.41) is 10.6. The van der Waals surface area contributed by atoms with Gasteiger partial charge in [0.2, 0.25) is 0 Å². The van der Waals surface area contributed by atoms with Gasteiger partial charge in [0.25, 0.3) is 0 Å². The molecule has 0 amide bonds. The second-order valence-electron chi connectivity index (χ2n) is 10.0. The van der Waals surface area contributed by atoms with Crippen LogP contribution in [-0.2, 0) is 28.7 Å². The van der Waals surface area contributed by atoms with E-state index in [0.717, 1.165) is 17.3 Å². The zero-order valence-corrected chi connectivity index (χ0v) is 21.4. The minimum atomic E-state index is -1.12. The van der Waals surface area contributed by atoms with Crippen LogP contribution in [0.15, 0.2) is 16.7 Å². The molecule has 0 radical (unpaired) electrons. The lowest BCUT2D eigenvalue weighted by Gasteiger charge is -2.56. The fourth-order valence-corrected chi connectivity index (χ4v) is 7.03. The van der Waals surface area contributed by atoms with E-state index in [2.05, 4.69) is 11.8 Å². The van der Waals surface area contributed by atoms with Gasteiger partial charge in [-0.1, -0.05) is 12.8 Å². The van der Waals surface area contributed by atoms with Crippen LogP contribution in [0.2, 0.25) is 0 Å². The van der Waals surface area contributed by atoms with Gasteiger partial charge >= 0.3 is 11.9 Å². The summed E-state index contributed by atoms with van der Waals surface area (Å²) in [4.78, 5) is 52.5. The summed E-state index contributed by atoms with van der Waals surface area (Å²) in [5.41, 5.74) is 0.132. The number of ether oxygens (including phenoxy) is 2. The summed E-state index contributed by atoms with van der Waals surface area (Å²) in [7, 11) is 1.31. The molecule has 3 fully saturated rings. The van der Waals surface area contributed by atoms with Crippen LogP contribution < -0.4 is 0 Å². The molecule has 3 aliphatic rings. The highest BCUT2D eigenvalue weighted by molar-refractivity contribution is 8.04. The van der Waals surface area contributed by atoms with Gasteiger partial charge in [-0.05, 0) is 67.2 Å². The van der Waals surface area contributed by atoms with Crippen molar-refractivity contribution in [2.24, 2.45) is 29.1 Å². The van der Waals surface area contributed by atoms with E-state index in [0.29, 0.717) is 31.4 Å². The molecular formula is C27H29NO7S. The first kappa shape index (κ1) is 26.0. The third-order valence-electron chi connectivity index (χ3n) is 8.33. The van der Waals surface area contributed by atoms with Gasteiger partial charge in [-0.2, -0.15) is 5.26 Å². The van der Waals surface area contributed by atoms with Crippen molar-refractivity contribution in [2.75, 3.05) is 12.9 Å². The second-order valence-corrected chi connectivity index (χ2v) is 10.8. The molecule has 0 aliphatic heterocycles. The third-order valence-corrected chi connectivity index (χ3v) is 8.83. The van der Waals surface area contributed by atoms with Gasteiger partial charge in [0.15, 0.2) is 17.6 Å². The SMILES string of the molecule is CC#Cc1occc1C1CC(=O)C2CCC3(C)C(C(=O)OC)CC(OC(=O)CSC#N)C(=O)C3C2C1. The van der Waals surface area contributed by atoms with Crippen molar-refractivity contribution in [2.45, 2.75) is 58.0 Å². The number of carbonyl (C=O) groups excluding carboxylic acids is 4. The topological polar surface area (TPSA) is 124 Å². The van der Waals surface area contributed by atoms with E-state index in [1.54, 1.807) is 13.2 Å². The number of furan rings is 1. The first-order valence-corrected chi connectivity index (χ1v) is 13.1. The van der Waals surface area contributed by atoms with E-state index < -0.39 is 35.3 Å². The Morgan fingerprint density at radius 1 is 1.31 bits per heavy atom. The van der Waals surface area contributed by atoms with Crippen molar-refractivity contribution in [3.63, 3.8) is 0 Å².